The van der Waals surface area contributed by atoms with E-state index in [4.69, 9.17) is 4.98 Å². The molecule has 0 aliphatic carbocycles. The lowest BCUT2D eigenvalue weighted by molar-refractivity contribution is -0.131. The van der Waals surface area contributed by atoms with E-state index in [9.17, 15) is 14.4 Å². The second-order valence-electron chi connectivity index (χ2n) is 8.70. The molecule has 2 aromatic heterocycles. The monoisotopic (exact) mass is 450 g/mol. The summed E-state index contributed by atoms with van der Waals surface area (Å²) in [5.74, 6) is 0.311. The number of imidazole rings is 1. The van der Waals surface area contributed by atoms with Gasteiger partial charge in [0.05, 0.1) is 17.6 Å². The van der Waals surface area contributed by atoms with Gasteiger partial charge in [0, 0.05) is 56.6 Å². The first-order valence-electron chi connectivity index (χ1n) is 11.2. The van der Waals surface area contributed by atoms with E-state index in [0.717, 1.165) is 41.0 Å². The summed E-state index contributed by atoms with van der Waals surface area (Å²) in [5, 5.41) is 6.21. The number of hydrogen-bond acceptors (Lipinski definition) is 5. The van der Waals surface area contributed by atoms with Crippen molar-refractivity contribution >= 4 is 28.5 Å². The van der Waals surface area contributed by atoms with Crippen molar-refractivity contribution in [2.75, 3.05) is 26.0 Å². The van der Waals surface area contributed by atoms with Crippen LogP contribution in [0.3, 0.4) is 0 Å². The van der Waals surface area contributed by atoms with Gasteiger partial charge in [0.2, 0.25) is 11.8 Å². The maximum absolute atomic E-state index is 12.7. The predicted octanol–water partition coefficient (Wildman–Crippen LogP) is 1.39. The highest BCUT2D eigenvalue weighted by molar-refractivity contribution is 5.88. The molecule has 33 heavy (non-hydrogen) atoms. The minimum atomic E-state index is -0.257. The molecule has 0 unspecified atom stereocenters. The third-order valence-electron chi connectivity index (χ3n) is 6.05. The van der Waals surface area contributed by atoms with Crippen LogP contribution in [0.1, 0.15) is 24.7 Å². The number of nitrogens with zero attached hydrogens (tertiary/aromatic N) is 4. The molecule has 0 radical (unpaired) electrons. The molecule has 9 nitrogen and oxygen atoms in total. The van der Waals surface area contributed by atoms with Crippen molar-refractivity contribution < 1.29 is 9.59 Å². The van der Waals surface area contributed by atoms with Gasteiger partial charge in [-0.15, -0.1) is 0 Å². The van der Waals surface area contributed by atoms with Crippen LogP contribution in [0.25, 0.3) is 11.0 Å². The van der Waals surface area contributed by atoms with Crippen LogP contribution in [0.2, 0.25) is 0 Å². The van der Waals surface area contributed by atoms with Gasteiger partial charge in [-0.05, 0) is 38.0 Å². The highest BCUT2D eigenvalue weighted by Gasteiger charge is 2.22. The number of anilines is 1. The lowest BCUT2D eigenvalue weighted by atomic mass is 9.98. The Morgan fingerprint density at radius 3 is 2.82 bits per heavy atom. The Morgan fingerprint density at radius 2 is 2.06 bits per heavy atom. The van der Waals surface area contributed by atoms with Crippen molar-refractivity contribution in [1.29, 1.82) is 0 Å². The van der Waals surface area contributed by atoms with Crippen LogP contribution in [-0.2, 0) is 35.5 Å². The molecule has 0 fully saturated rings. The molecule has 4 rings (SSSR count). The largest absolute Gasteiger partial charge is 0.382 e. The quantitative estimate of drug-likeness (QED) is 0.567. The van der Waals surface area contributed by atoms with E-state index in [1.807, 2.05) is 22.8 Å². The van der Waals surface area contributed by atoms with E-state index in [1.165, 1.54) is 11.0 Å². The second-order valence-corrected chi connectivity index (χ2v) is 8.70. The maximum atomic E-state index is 12.7. The molecule has 0 saturated heterocycles. The number of hydrogen-bond donors (Lipinski definition) is 2. The first-order valence-corrected chi connectivity index (χ1v) is 11.2. The van der Waals surface area contributed by atoms with E-state index in [1.54, 1.807) is 30.9 Å². The fourth-order valence-corrected chi connectivity index (χ4v) is 4.15. The molecule has 1 atom stereocenters. The molecule has 1 aliphatic heterocycles. The van der Waals surface area contributed by atoms with Crippen LogP contribution in [0.5, 0.6) is 0 Å². The van der Waals surface area contributed by atoms with Crippen LogP contribution in [0, 0.1) is 0 Å². The number of amides is 2. The molecule has 2 amide bonds. The Bertz CT molecular complexity index is 1240. The van der Waals surface area contributed by atoms with Gasteiger partial charge < -0.3 is 24.7 Å². The van der Waals surface area contributed by atoms with Gasteiger partial charge in [0.25, 0.3) is 5.56 Å². The lowest BCUT2D eigenvalue weighted by Crippen LogP contribution is -2.37. The molecule has 0 spiro atoms. The molecular formula is C24H30N6O3. The average molecular weight is 451 g/mol. The van der Waals surface area contributed by atoms with E-state index < -0.39 is 0 Å². The zero-order valence-corrected chi connectivity index (χ0v) is 19.3. The van der Waals surface area contributed by atoms with Gasteiger partial charge in [-0.2, -0.15) is 0 Å². The van der Waals surface area contributed by atoms with Crippen molar-refractivity contribution in [3.8, 4) is 0 Å². The summed E-state index contributed by atoms with van der Waals surface area (Å²) in [6.07, 6.45) is 4.18. The molecule has 1 aromatic carbocycles. The predicted molar refractivity (Wildman–Crippen MR) is 127 cm³/mol. The zero-order valence-electron chi connectivity index (χ0n) is 19.3. The molecule has 3 aromatic rings. The van der Waals surface area contributed by atoms with Crippen LogP contribution in [0.15, 0.2) is 41.3 Å². The average Bonchev–Trinajstić information content (AvgIpc) is 3.14. The van der Waals surface area contributed by atoms with Gasteiger partial charge in [-0.25, -0.2) is 4.98 Å². The first-order chi connectivity index (χ1) is 15.8. The molecule has 0 saturated carbocycles. The van der Waals surface area contributed by atoms with E-state index >= 15 is 0 Å². The van der Waals surface area contributed by atoms with E-state index in [-0.39, 0.29) is 30.5 Å². The van der Waals surface area contributed by atoms with Gasteiger partial charge in [-0.3, -0.25) is 14.4 Å². The van der Waals surface area contributed by atoms with Crippen LogP contribution in [0.4, 0.5) is 5.69 Å². The van der Waals surface area contributed by atoms with Crippen molar-refractivity contribution in [3.63, 3.8) is 0 Å². The topological polar surface area (TPSA) is 101 Å². The number of carbonyl (C=O) groups excluding carboxylic acids is 2. The molecule has 0 bridgehead atoms. The molecule has 3 heterocycles. The summed E-state index contributed by atoms with van der Waals surface area (Å²) in [6.45, 7) is 2.62. The van der Waals surface area contributed by atoms with Crippen molar-refractivity contribution in [1.82, 2.24) is 24.3 Å². The van der Waals surface area contributed by atoms with Gasteiger partial charge in [0.1, 0.15) is 12.4 Å². The highest BCUT2D eigenvalue weighted by Crippen LogP contribution is 2.32. The molecular weight excluding hydrogens is 420 g/mol. The summed E-state index contributed by atoms with van der Waals surface area (Å²) < 4.78 is 3.54. The van der Waals surface area contributed by atoms with Gasteiger partial charge in [0.15, 0.2) is 0 Å². The lowest BCUT2D eigenvalue weighted by Gasteiger charge is -2.24. The number of nitrogens with one attached hydrogen (secondary N) is 2. The Kier molecular flexibility index (Phi) is 6.48. The van der Waals surface area contributed by atoms with Crippen molar-refractivity contribution in [3.05, 3.63) is 58.3 Å². The number of likely N-dealkylation sites (N-methyl/N-ethyl adjacent to an activating group) is 1. The third kappa shape index (κ3) is 4.92. The van der Waals surface area contributed by atoms with Crippen LogP contribution < -0.4 is 16.2 Å². The minimum absolute atomic E-state index is 0.0512. The zero-order chi connectivity index (χ0) is 23.5. The maximum Gasteiger partial charge on any atom is 0.250 e. The number of rotatable bonds is 7. The minimum Gasteiger partial charge on any atom is -0.382 e. The first kappa shape index (κ1) is 22.6. The normalized spacial score (nSPS) is 15.1. The van der Waals surface area contributed by atoms with Crippen LogP contribution >= 0.6 is 0 Å². The summed E-state index contributed by atoms with van der Waals surface area (Å²) in [4.78, 5) is 43.0. The van der Waals surface area contributed by atoms with E-state index in [0.29, 0.717) is 19.0 Å². The Morgan fingerprint density at radius 1 is 1.24 bits per heavy atom. The standard InChI is InChI=1S/C24H30N6O3/c1-16-7-8-17-18(26-16)9-10-19-24(17)27-20(11-13-29-12-5-4-6-22(29)32)30(19)15-21(31)25-14-23(33)28(2)3/h4-6,9-10,12,16,26H,7-8,11,13-15H2,1-3H3,(H,25,31)/t16-/m0/s1. The number of benzene rings is 1. The van der Waals surface area contributed by atoms with Gasteiger partial charge in [-0.1, -0.05) is 6.07 Å². The number of carbonyl (C=O) groups is 2. The highest BCUT2D eigenvalue weighted by atomic mass is 16.2. The van der Waals surface area contributed by atoms with Crippen LogP contribution in [-0.4, -0.2) is 57.5 Å². The fourth-order valence-electron chi connectivity index (χ4n) is 4.15. The third-order valence-corrected chi connectivity index (χ3v) is 6.05. The SMILES string of the molecule is C[C@H]1CCc2c(ccc3c2nc(CCn2ccccc2=O)n3CC(=O)NCC(=O)N(C)C)N1. The summed E-state index contributed by atoms with van der Waals surface area (Å²) in [6, 6.07) is 9.51. The number of pyridine rings is 1. The Hall–Kier alpha value is -3.62. The summed E-state index contributed by atoms with van der Waals surface area (Å²) in [5.41, 5.74) is 3.94. The summed E-state index contributed by atoms with van der Waals surface area (Å²) >= 11 is 0. The Balaban J connectivity index is 1.65. The second kappa shape index (κ2) is 9.48. The number of fused-ring (bicyclic) bond motifs is 3. The van der Waals surface area contributed by atoms with Crippen molar-refractivity contribution in [2.24, 2.45) is 0 Å². The van der Waals surface area contributed by atoms with Gasteiger partial charge >= 0.3 is 0 Å². The number of aryl methyl sites for hydroxylation is 3. The smallest absolute Gasteiger partial charge is 0.250 e. The van der Waals surface area contributed by atoms with E-state index in [2.05, 4.69) is 17.6 Å². The van der Waals surface area contributed by atoms with Crippen molar-refractivity contribution in [2.45, 2.75) is 45.3 Å². The molecule has 2 N–H and O–H groups in total. The molecule has 1 aliphatic rings. The number of aromatic nitrogens is 3. The Labute approximate surface area is 192 Å². The fraction of sp³-hybridized carbons (Fsp3) is 0.417. The molecule has 174 valence electrons. The summed E-state index contributed by atoms with van der Waals surface area (Å²) in [7, 11) is 3.30. The molecule has 9 heteroatoms.